The van der Waals surface area contributed by atoms with Crippen molar-refractivity contribution < 1.29 is 14.3 Å². The van der Waals surface area contributed by atoms with Crippen molar-refractivity contribution in [2.45, 2.75) is 38.5 Å². The second-order valence-corrected chi connectivity index (χ2v) is 8.40. The van der Waals surface area contributed by atoms with Gasteiger partial charge in [-0.1, -0.05) is 12.8 Å². The average molecular weight is 418 g/mol. The number of nitrogens with zero attached hydrogens (tertiary/aromatic N) is 2. The number of thiophene rings is 1. The van der Waals surface area contributed by atoms with E-state index in [-0.39, 0.29) is 11.8 Å². The number of halogens is 1. The molecule has 0 aliphatic heterocycles. The number of carboxylic acids is 1. The van der Waals surface area contributed by atoms with Crippen molar-refractivity contribution in [3.8, 4) is 11.5 Å². The summed E-state index contributed by atoms with van der Waals surface area (Å²) in [7, 11) is 0. The molecule has 112 valence electrons. The SMILES string of the molecule is O=C(O)CC1(Cc2nnc(-c3csc(I)c3)o2)CCCC1. The molecule has 1 aliphatic rings. The molecule has 0 bridgehead atoms. The zero-order valence-electron chi connectivity index (χ0n) is 11.3. The first-order valence-electron chi connectivity index (χ1n) is 6.85. The summed E-state index contributed by atoms with van der Waals surface area (Å²) >= 11 is 3.88. The Balaban J connectivity index is 1.78. The minimum atomic E-state index is -0.746. The van der Waals surface area contributed by atoms with E-state index in [1.165, 1.54) is 2.88 Å². The zero-order valence-corrected chi connectivity index (χ0v) is 14.3. The molecule has 0 radical (unpaired) electrons. The first-order valence-corrected chi connectivity index (χ1v) is 8.81. The van der Waals surface area contributed by atoms with E-state index in [1.54, 1.807) is 11.3 Å². The van der Waals surface area contributed by atoms with Gasteiger partial charge in [0.05, 0.1) is 14.9 Å². The van der Waals surface area contributed by atoms with Crippen LogP contribution >= 0.6 is 33.9 Å². The molecule has 7 heteroatoms. The predicted molar refractivity (Wildman–Crippen MR) is 87.2 cm³/mol. The maximum absolute atomic E-state index is 11.1. The minimum Gasteiger partial charge on any atom is -0.481 e. The summed E-state index contributed by atoms with van der Waals surface area (Å²) in [6.45, 7) is 0. The van der Waals surface area contributed by atoms with Gasteiger partial charge in [0.15, 0.2) is 0 Å². The molecule has 3 rings (SSSR count). The summed E-state index contributed by atoms with van der Waals surface area (Å²) in [4.78, 5) is 11.1. The number of aromatic nitrogens is 2. The lowest BCUT2D eigenvalue weighted by atomic mass is 9.79. The lowest BCUT2D eigenvalue weighted by Gasteiger charge is -2.24. The van der Waals surface area contributed by atoms with E-state index >= 15 is 0 Å². The molecule has 1 N–H and O–H groups in total. The van der Waals surface area contributed by atoms with Gasteiger partial charge in [-0.25, -0.2) is 0 Å². The van der Waals surface area contributed by atoms with Crippen molar-refractivity contribution in [2.75, 3.05) is 0 Å². The quantitative estimate of drug-likeness (QED) is 0.744. The van der Waals surface area contributed by atoms with E-state index in [4.69, 9.17) is 9.52 Å². The van der Waals surface area contributed by atoms with Gasteiger partial charge in [0.1, 0.15) is 0 Å². The Hall–Kier alpha value is -0.960. The fraction of sp³-hybridized carbons (Fsp3) is 0.500. The van der Waals surface area contributed by atoms with Crippen molar-refractivity contribution in [1.82, 2.24) is 10.2 Å². The molecule has 2 aromatic rings. The Morgan fingerprint density at radius 1 is 1.43 bits per heavy atom. The molecule has 2 heterocycles. The summed E-state index contributed by atoms with van der Waals surface area (Å²) in [5.74, 6) is 0.325. The van der Waals surface area contributed by atoms with Gasteiger partial charge >= 0.3 is 5.97 Å². The minimum absolute atomic E-state index is 0.182. The van der Waals surface area contributed by atoms with Crippen molar-refractivity contribution in [2.24, 2.45) is 5.41 Å². The lowest BCUT2D eigenvalue weighted by molar-refractivity contribution is -0.139. The van der Waals surface area contributed by atoms with E-state index < -0.39 is 5.97 Å². The molecular formula is C14H15IN2O3S. The second kappa shape index (κ2) is 6.04. The van der Waals surface area contributed by atoms with Crippen LogP contribution in [0.1, 0.15) is 38.0 Å². The topological polar surface area (TPSA) is 76.2 Å². The number of carbonyl (C=O) groups is 1. The van der Waals surface area contributed by atoms with E-state index in [2.05, 4.69) is 32.8 Å². The van der Waals surface area contributed by atoms with E-state index in [9.17, 15) is 4.79 Å². The number of aliphatic carboxylic acids is 1. The molecule has 2 aromatic heterocycles. The first kappa shape index (κ1) is 15.0. The fourth-order valence-corrected chi connectivity index (χ4v) is 4.37. The number of rotatable bonds is 5. The van der Waals surface area contributed by atoms with Crippen LogP contribution in [0.4, 0.5) is 0 Å². The number of hydrogen-bond acceptors (Lipinski definition) is 5. The predicted octanol–water partition coefficient (Wildman–Crippen LogP) is 3.98. The van der Waals surface area contributed by atoms with Crippen LogP contribution < -0.4 is 0 Å². The van der Waals surface area contributed by atoms with Gasteiger partial charge in [-0.3, -0.25) is 4.79 Å². The average Bonchev–Trinajstić information content (AvgIpc) is 3.11. The Morgan fingerprint density at radius 2 is 2.19 bits per heavy atom. The molecule has 1 fully saturated rings. The summed E-state index contributed by atoms with van der Waals surface area (Å²) < 4.78 is 6.91. The highest BCUT2D eigenvalue weighted by Crippen LogP contribution is 2.43. The Morgan fingerprint density at radius 3 is 2.81 bits per heavy atom. The summed E-state index contributed by atoms with van der Waals surface area (Å²) in [6, 6.07) is 2.01. The van der Waals surface area contributed by atoms with E-state index in [0.29, 0.717) is 18.2 Å². The van der Waals surface area contributed by atoms with Crippen LogP contribution in [0.5, 0.6) is 0 Å². The molecule has 1 aliphatic carbocycles. The van der Waals surface area contributed by atoms with Crippen molar-refractivity contribution in [3.63, 3.8) is 0 Å². The van der Waals surface area contributed by atoms with Gasteiger partial charge in [0, 0.05) is 11.8 Å². The van der Waals surface area contributed by atoms with E-state index in [0.717, 1.165) is 31.2 Å². The molecule has 0 saturated heterocycles. The van der Waals surface area contributed by atoms with Crippen LogP contribution in [-0.4, -0.2) is 21.3 Å². The normalized spacial score (nSPS) is 17.2. The standard InChI is InChI=1S/C14H15IN2O3S/c15-10-5-9(8-21-10)13-17-16-11(20-13)6-14(7-12(18)19)3-1-2-4-14/h5,8H,1-4,6-7H2,(H,18,19). The van der Waals surface area contributed by atoms with Crippen molar-refractivity contribution in [3.05, 3.63) is 20.2 Å². The third-order valence-electron chi connectivity index (χ3n) is 4.00. The maximum atomic E-state index is 11.1. The Kier molecular flexibility index (Phi) is 4.30. The largest absolute Gasteiger partial charge is 0.481 e. The van der Waals surface area contributed by atoms with Crippen molar-refractivity contribution >= 4 is 39.9 Å². The van der Waals surface area contributed by atoms with Gasteiger partial charge in [0.25, 0.3) is 0 Å². The smallest absolute Gasteiger partial charge is 0.303 e. The van der Waals surface area contributed by atoms with Crippen LogP contribution in [-0.2, 0) is 11.2 Å². The molecule has 1 saturated carbocycles. The molecule has 0 spiro atoms. The molecule has 21 heavy (non-hydrogen) atoms. The molecule has 0 unspecified atom stereocenters. The lowest BCUT2D eigenvalue weighted by Crippen LogP contribution is -2.23. The molecule has 0 atom stereocenters. The van der Waals surface area contributed by atoms with Gasteiger partial charge in [-0.15, -0.1) is 21.5 Å². The highest BCUT2D eigenvalue weighted by Gasteiger charge is 2.37. The summed E-state index contributed by atoms with van der Waals surface area (Å²) in [5.41, 5.74) is 0.723. The number of carboxylic acid groups (broad SMARTS) is 1. The zero-order chi connectivity index (χ0) is 14.9. The maximum Gasteiger partial charge on any atom is 0.303 e. The monoisotopic (exact) mass is 418 g/mol. The third-order valence-corrected chi connectivity index (χ3v) is 5.79. The Labute approximate surface area is 139 Å². The molecule has 5 nitrogen and oxygen atoms in total. The molecular weight excluding hydrogens is 403 g/mol. The molecule has 0 amide bonds. The highest BCUT2D eigenvalue weighted by molar-refractivity contribution is 14.1. The first-order chi connectivity index (χ1) is 10.1. The van der Waals surface area contributed by atoms with E-state index in [1.807, 2.05) is 11.4 Å². The van der Waals surface area contributed by atoms with Crippen LogP contribution in [0.3, 0.4) is 0 Å². The van der Waals surface area contributed by atoms with Crippen LogP contribution in [0.2, 0.25) is 0 Å². The third kappa shape index (κ3) is 3.45. The Bertz CT molecular complexity index is 646. The van der Waals surface area contributed by atoms with Gasteiger partial charge in [0.2, 0.25) is 11.8 Å². The van der Waals surface area contributed by atoms with Crippen LogP contribution in [0.15, 0.2) is 15.9 Å². The van der Waals surface area contributed by atoms with Crippen LogP contribution in [0, 0.1) is 8.30 Å². The van der Waals surface area contributed by atoms with Gasteiger partial charge in [-0.2, -0.15) is 0 Å². The summed E-state index contributed by atoms with van der Waals surface area (Å²) in [6.07, 6.45) is 4.75. The van der Waals surface area contributed by atoms with Crippen molar-refractivity contribution in [1.29, 1.82) is 0 Å². The van der Waals surface area contributed by atoms with Gasteiger partial charge < -0.3 is 9.52 Å². The highest BCUT2D eigenvalue weighted by atomic mass is 127. The summed E-state index contributed by atoms with van der Waals surface area (Å²) in [5, 5.41) is 19.3. The van der Waals surface area contributed by atoms with Gasteiger partial charge in [-0.05, 0) is 46.9 Å². The number of hydrogen-bond donors (Lipinski definition) is 1. The second-order valence-electron chi connectivity index (χ2n) is 5.59. The molecule has 0 aromatic carbocycles. The fourth-order valence-electron chi connectivity index (χ4n) is 3.05. The van der Waals surface area contributed by atoms with Crippen LogP contribution in [0.25, 0.3) is 11.5 Å².